The Labute approximate surface area is 343 Å². The number of rotatable bonds is 4. The predicted octanol–water partition coefficient (Wildman–Crippen LogP) is 15.3. The van der Waals surface area contributed by atoms with Crippen molar-refractivity contribution in [1.82, 2.24) is 9.13 Å². The SMILES string of the molecule is C1=CC2Sc3ccc(-c4cccc(-c5ccc6sc7ccc(-n8c9ccccc9c9ccccc98)cc7c6c5)c4)cc3C2C=C1n1c2ccccc2c2ccccc21. The summed E-state index contributed by atoms with van der Waals surface area (Å²) >= 11 is 3.87. The summed E-state index contributed by atoms with van der Waals surface area (Å²) in [5.41, 5.74) is 13.8. The maximum absolute atomic E-state index is 2.51. The Hall–Kier alpha value is -6.59. The summed E-state index contributed by atoms with van der Waals surface area (Å²) in [6.45, 7) is 0. The van der Waals surface area contributed by atoms with E-state index in [9.17, 15) is 0 Å². The van der Waals surface area contributed by atoms with Crippen LogP contribution in [0.25, 0.3) is 97.4 Å². The van der Waals surface area contributed by atoms with Gasteiger partial charge in [0.15, 0.2) is 0 Å². The van der Waals surface area contributed by atoms with Gasteiger partial charge in [0.05, 0.1) is 22.1 Å². The Balaban J connectivity index is 0.875. The molecule has 2 aliphatic rings. The van der Waals surface area contributed by atoms with Crippen LogP contribution in [0.5, 0.6) is 0 Å². The van der Waals surface area contributed by atoms with Crippen LogP contribution in [0.15, 0.2) is 199 Å². The summed E-state index contributed by atoms with van der Waals surface area (Å²) in [4.78, 5) is 1.38. The van der Waals surface area contributed by atoms with Crippen molar-refractivity contribution >= 4 is 92.6 Å². The molecule has 0 N–H and O–H groups in total. The minimum atomic E-state index is 0.310. The van der Waals surface area contributed by atoms with Gasteiger partial charge in [0, 0.05) is 69.2 Å². The second-order valence-electron chi connectivity index (χ2n) is 15.6. The van der Waals surface area contributed by atoms with Gasteiger partial charge in [0.25, 0.3) is 0 Å². The first kappa shape index (κ1) is 32.5. The molecule has 0 saturated heterocycles. The number of benzene rings is 8. The van der Waals surface area contributed by atoms with Gasteiger partial charge in [-0.2, -0.15) is 0 Å². The van der Waals surface area contributed by atoms with Crippen LogP contribution < -0.4 is 0 Å². The molecule has 4 heteroatoms. The van der Waals surface area contributed by atoms with Gasteiger partial charge >= 0.3 is 0 Å². The predicted molar refractivity (Wildman–Crippen MR) is 250 cm³/mol. The highest BCUT2D eigenvalue weighted by atomic mass is 32.2. The number of para-hydroxylation sites is 4. The second-order valence-corrected chi connectivity index (χ2v) is 17.9. The summed E-state index contributed by atoms with van der Waals surface area (Å²) in [5.74, 6) is 0.310. The quantitative estimate of drug-likeness (QED) is 0.173. The van der Waals surface area contributed by atoms with Crippen molar-refractivity contribution in [2.75, 3.05) is 0 Å². The minimum absolute atomic E-state index is 0.310. The highest BCUT2D eigenvalue weighted by Crippen LogP contribution is 2.51. The molecule has 13 rings (SSSR count). The number of nitrogens with zero attached hydrogens (tertiary/aromatic N) is 2. The highest BCUT2D eigenvalue weighted by molar-refractivity contribution is 8.00. The fourth-order valence-electron chi connectivity index (χ4n) is 9.78. The van der Waals surface area contributed by atoms with Crippen LogP contribution in [0, 0.1) is 0 Å². The summed E-state index contributed by atoms with van der Waals surface area (Å²) in [5, 5.41) is 8.18. The molecule has 0 spiro atoms. The van der Waals surface area contributed by atoms with Crippen molar-refractivity contribution in [3.05, 3.63) is 200 Å². The lowest BCUT2D eigenvalue weighted by Crippen LogP contribution is -2.11. The summed E-state index contributed by atoms with van der Waals surface area (Å²) in [6, 6.07) is 65.3. The maximum Gasteiger partial charge on any atom is 0.0541 e. The molecule has 0 amide bonds. The van der Waals surface area contributed by atoms with Crippen molar-refractivity contribution in [3.8, 4) is 27.9 Å². The van der Waals surface area contributed by atoms with Gasteiger partial charge < -0.3 is 9.13 Å². The monoisotopic (exact) mass is 774 g/mol. The number of hydrogen-bond donors (Lipinski definition) is 0. The van der Waals surface area contributed by atoms with E-state index >= 15 is 0 Å². The van der Waals surface area contributed by atoms with Gasteiger partial charge in [-0.1, -0.05) is 115 Å². The van der Waals surface area contributed by atoms with E-state index in [2.05, 4.69) is 203 Å². The van der Waals surface area contributed by atoms with E-state index in [0.717, 1.165) is 0 Å². The van der Waals surface area contributed by atoms with Crippen LogP contribution in [0.1, 0.15) is 11.5 Å². The number of thiophene rings is 1. The van der Waals surface area contributed by atoms with Crippen LogP contribution in [-0.2, 0) is 0 Å². The second kappa shape index (κ2) is 12.5. The number of thioether (sulfide) groups is 1. The van der Waals surface area contributed by atoms with Crippen LogP contribution in [0.4, 0.5) is 0 Å². The van der Waals surface area contributed by atoms with Crippen molar-refractivity contribution in [3.63, 3.8) is 0 Å². The average molecular weight is 775 g/mol. The Morgan fingerprint density at radius 1 is 0.414 bits per heavy atom. The lowest BCUT2D eigenvalue weighted by Gasteiger charge is -2.21. The Bertz CT molecular complexity index is 3470. The van der Waals surface area contributed by atoms with Crippen molar-refractivity contribution in [2.45, 2.75) is 16.1 Å². The van der Waals surface area contributed by atoms with Gasteiger partial charge in [-0.3, -0.25) is 0 Å². The third kappa shape index (κ3) is 4.79. The van der Waals surface area contributed by atoms with Crippen LogP contribution in [0.2, 0.25) is 0 Å². The zero-order valence-corrected chi connectivity index (χ0v) is 33.0. The molecule has 272 valence electrons. The Morgan fingerprint density at radius 3 is 1.60 bits per heavy atom. The lowest BCUT2D eigenvalue weighted by atomic mass is 9.89. The molecule has 3 aromatic heterocycles. The molecule has 0 fully saturated rings. The van der Waals surface area contributed by atoms with E-state index in [1.54, 1.807) is 0 Å². The fraction of sp³-hybridized carbons (Fsp3) is 0.0370. The standard InChI is InChI=1S/C54H34N2S2/c1-5-16-47-39(12-1)40-13-2-6-17-48(40)55(47)37-22-26-53-45(31-37)43-29-35(20-24-51(43)57-53)33-10-9-11-34(28-33)36-21-25-52-44(30-36)46-32-38(23-27-54(46)58-52)56-49-18-7-3-14-41(49)42-15-4-8-19-50(42)56/h1-32,45,53H. The molecule has 1 aliphatic heterocycles. The van der Waals surface area contributed by atoms with Gasteiger partial charge in [0.2, 0.25) is 0 Å². The van der Waals surface area contributed by atoms with E-state index in [0.29, 0.717) is 11.2 Å². The number of hydrogen-bond acceptors (Lipinski definition) is 2. The molecule has 2 unspecified atom stereocenters. The number of allylic oxidation sites excluding steroid dienone is 3. The normalized spacial score (nSPS) is 16.2. The maximum atomic E-state index is 2.51. The van der Waals surface area contributed by atoms with E-state index in [4.69, 9.17) is 0 Å². The van der Waals surface area contributed by atoms with Crippen LogP contribution in [0.3, 0.4) is 0 Å². The Kier molecular flexibility index (Phi) is 6.98. The molecule has 0 radical (unpaired) electrons. The first-order valence-corrected chi connectivity index (χ1v) is 21.7. The van der Waals surface area contributed by atoms with Gasteiger partial charge in [-0.05, 0) is 107 Å². The fourth-order valence-corrected chi connectivity index (χ4v) is 12.1. The topological polar surface area (TPSA) is 9.86 Å². The van der Waals surface area contributed by atoms with Crippen molar-refractivity contribution in [1.29, 1.82) is 0 Å². The zero-order chi connectivity index (χ0) is 37.9. The molecule has 0 saturated carbocycles. The van der Waals surface area contributed by atoms with E-state index < -0.39 is 0 Å². The van der Waals surface area contributed by atoms with Crippen molar-refractivity contribution in [2.24, 2.45) is 0 Å². The third-order valence-corrected chi connectivity index (χ3v) is 15.0. The summed E-state index contributed by atoms with van der Waals surface area (Å²) < 4.78 is 7.50. The largest absolute Gasteiger partial charge is 0.310 e. The summed E-state index contributed by atoms with van der Waals surface area (Å²) in [7, 11) is 0. The lowest BCUT2D eigenvalue weighted by molar-refractivity contribution is 0.876. The molecule has 58 heavy (non-hydrogen) atoms. The average Bonchev–Trinajstić information content (AvgIpc) is 4.03. The highest BCUT2D eigenvalue weighted by Gasteiger charge is 2.33. The van der Waals surface area contributed by atoms with E-state index in [1.807, 2.05) is 23.1 Å². The van der Waals surface area contributed by atoms with Crippen LogP contribution >= 0.6 is 23.1 Å². The smallest absolute Gasteiger partial charge is 0.0541 e. The first-order chi connectivity index (χ1) is 28.7. The van der Waals surface area contributed by atoms with Gasteiger partial charge in [-0.25, -0.2) is 0 Å². The number of fused-ring (bicyclic) bond motifs is 12. The first-order valence-electron chi connectivity index (χ1n) is 20.0. The molecule has 1 aliphatic carbocycles. The number of aromatic nitrogens is 2. The molecule has 2 atom stereocenters. The van der Waals surface area contributed by atoms with E-state index in [1.165, 1.54) is 108 Å². The molecule has 0 bridgehead atoms. The van der Waals surface area contributed by atoms with E-state index in [-0.39, 0.29) is 0 Å². The van der Waals surface area contributed by atoms with Gasteiger partial charge in [-0.15, -0.1) is 23.1 Å². The van der Waals surface area contributed by atoms with Crippen molar-refractivity contribution < 1.29 is 0 Å². The molecule has 2 nitrogen and oxygen atoms in total. The molecule has 8 aromatic carbocycles. The van der Waals surface area contributed by atoms with Crippen LogP contribution in [-0.4, -0.2) is 14.4 Å². The molecular formula is C54H34N2S2. The Morgan fingerprint density at radius 2 is 0.948 bits per heavy atom. The molecule has 11 aromatic rings. The third-order valence-electron chi connectivity index (χ3n) is 12.5. The van der Waals surface area contributed by atoms with Gasteiger partial charge in [0.1, 0.15) is 0 Å². The zero-order valence-electron chi connectivity index (χ0n) is 31.3. The molecular weight excluding hydrogens is 741 g/mol. The minimum Gasteiger partial charge on any atom is -0.310 e. The molecule has 4 heterocycles. The summed E-state index contributed by atoms with van der Waals surface area (Å²) in [6.07, 6.45) is 7.27.